The van der Waals surface area contributed by atoms with E-state index in [0.29, 0.717) is 22.6 Å². The second-order valence-electron chi connectivity index (χ2n) is 5.13. The van der Waals surface area contributed by atoms with Crippen LogP contribution in [-0.4, -0.2) is 20.7 Å². The number of aromatic hydroxyl groups is 1. The first kappa shape index (κ1) is 14.6. The van der Waals surface area contributed by atoms with Crippen molar-refractivity contribution in [1.29, 1.82) is 0 Å². The van der Waals surface area contributed by atoms with E-state index in [1.165, 1.54) is 12.1 Å². The fraction of sp³-hybridized carbons (Fsp3) is 0.0625. The molecule has 1 aromatic heterocycles. The third-order valence-corrected chi connectivity index (χ3v) is 3.50. The highest BCUT2D eigenvalue weighted by atomic mass is 16.6. The number of nitrogens with one attached hydrogen (secondary N) is 1. The Morgan fingerprint density at radius 2 is 2.09 bits per heavy atom. The summed E-state index contributed by atoms with van der Waals surface area (Å²) in [4.78, 5) is 17.6. The molecule has 0 spiro atoms. The number of nitrogens with zero attached hydrogens (tertiary/aromatic N) is 2. The number of nitro benzene ring substituents is 1. The number of nitrogen functional groups attached to an aromatic ring is 1. The van der Waals surface area contributed by atoms with Crippen molar-refractivity contribution in [3.8, 4) is 5.88 Å². The van der Waals surface area contributed by atoms with Gasteiger partial charge < -0.3 is 15.8 Å². The van der Waals surface area contributed by atoms with Crippen molar-refractivity contribution >= 4 is 33.7 Å². The highest BCUT2D eigenvalue weighted by molar-refractivity contribution is 6.13. The Morgan fingerprint density at radius 3 is 2.83 bits per heavy atom. The van der Waals surface area contributed by atoms with Gasteiger partial charge in [0.05, 0.1) is 21.9 Å². The lowest BCUT2D eigenvalue weighted by Crippen LogP contribution is -1.94. The summed E-state index contributed by atoms with van der Waals surface area (Å²) >= 11 is 0. The Kier molecular flexibility index (Phi) is 3.46. The lowest BCUT2D eigenvalue weighted by atomic mass is 10.1. The molecule has 4 N–H and O–H groups in total. The molecular formula is C16H14N4O3. The molecule has 7 nitrogen and oxygen atoms in total. The third-order valence-electron chi connectivity index (χ3n) is 3.50. The lowest BCUT2D eigenvalue weighted by molar-refractivity contribution is -0.384. The summed E-state index contributed by atoms with van der Waals surface area (Å²) in [5.74, 6) is -0.0164. The van der Waals surface area contributed by atoms with Crippen LogP contribution in [0.3, 0.4) is 0 Å². The molecule has 0 radical (unpaired) electrons. The zero-order chi connectivity index (χ0) is 16.6. The van der Waals surface area contributed by atoms with E-state index in [-0.39, 0.29) is 11.6 Å². The van der Waals surface area contributed by atoms with Gasteiger partial charge in [0.2, 0.25) is 0 Å². The maximum absolute atomic E-state index is 10.8. The van der Waals surface area contributed by atoms with Crippen molar-refractivity contribution in [3.05, 3.63) is 58.1 Å². The minimum atomic E-state index is -0.474. The van der Waals surface area contributed by atoms with Crippen LogP contribution in [0.1, 0.15) is 12.5 Å². The van der Waals surface area contributed by atoms with Gasteiger partial charge >= 0.3 is 0 Å². The Hall–Kier alpha value is -3.35. The van der Waals surface area contributed by atoms with Gasteiger partial charge in [-0.15, -0.1) is 0 Å². The summed E-state index contributed by atoms with van der Waals surface area (Å²) < 4.78 is 0. The zero-order valence-electron chi connectivity index (χ0n) is 12.3. The number of H-pyrrole nitrogens is 1. The number of rotatable bonds is 3. The zero-order valence-corrected chi connectivity index (χ0v) is 12.3. The third kappa shape index (κ3) is 2.71. The van der Waals surface area contributed by atoms with E-state index in [4.69, 9.17) is 5.73 Å². The van der Waals surface area contributed by atoms with Crippen molar-refractivity contribution < 1.29 is 10.0 Å². The maximum atomic E-state index is 10.8. The van der Waals surface area contributed by atoms with E-state index in [9.17, 15) is 15.2 Å². The molecule has 0 amide bonds. The second-order valence-corrected chi connectivity index (χ2v) is 5.13. The number of nitro groups is 1. The van der Waals surface area contributed by atoms with Crippen LogP contribution in [0.4, 0.5) is 17.1 Å². The molecule has 3 rings (SSSR count). The Labute approximate surface area is 131 Å². The van der Waals surface area contributed by atoms with Gasteiger partial charge in [0, 0.05) is 28.7 Å². The summed E-state index contributed by atoms with van der Waals surface area (Å²) in [7, 11) is 0. The number of nitrogens with two attached hydrogens (primary N) is 1. The quantitative estimate of drug-likeness (QED) is 0.297. The van der Waals surface area contributed by atoms with Crippen molar-refractivity contribution in [3.63, 3.8) is 0 Å². The number of non-ortho nitro benzene ring substituents is 1. The average molecular weight is 310 g/mol. The molecule has 2 aromatic carbocycles. The van der Waals surface area contributed by atoms with Crippen LogP contribution in [0, 0.1) is 10.1 Å². The first-order chi connectivity index (χ1) is 11.0. The summed E-state index contributed by atoms with van der Waals surface area (Å²) in [5, 5.41) is 21.7. The van der Waals surface area contributed by atoms with Crippen molar-refractivity contribution in [2.75, 3.05) is 5.73 Å². The molecule has 0 atom stereocenters. The SMILES string of the molecule is CC(=Nc1cccc([N+](=O)[O-])c1)c1c(O)[nH]c2ccc(N)cc12. The number of aromatic amines is 1. The number of fused-ring (bicyclic) bond motifs is 1. The van der Waals surface area contributed by atoms with E-state index < -0.39 is 4.92 Å². The fourth-order valence-electron chi connectivity index (χ4n) is 2.49. The van der Waals surface area contributed by atoms with Crippen LogP contribution in [0.5, 0.6) is 5.88 Å². The summed E-state index contributed by atoms with van der Waals surface area (Å²) in [6.45, 7) is 1.73. The number of benzene rings is 2. The van der Waals surface area contributed by atoms with Crippen LogP contribution in [0.2, 0.25) is 0 Å². The van der Waals surface area contributed by atoms with E-state index in [1.54, 1.807) is 37.3 Å². The van der Waals surface area contributed by atoms with Crippen molar-refractivity contribution in [1.82, 2.24) is 4.98 Å². The molecule has 0 fully saturated rings. The van der Waals surface area contributed by atoms with Crippen LogP contribution < -0.4 is 5.73 Å². The van der Waals surface area contributed by atoms with Crippen LogP contribution in [0.15, 0.2) is 47.5 Å². The summed E-state index contributed by atoms with van der Waals surface area (Å²) in [6.07, 6.45) is 0. The first-order valence-electron chi connectivity index (χ1n) is 6.86. The van der Waals surface area contributed by atoms with Gasteiger partial charge in [0.25, 0.3) is 5.69 Å². The van der Waals surface area contributed by atoms with E-state index >= 15 is 0 Å². The smallest absolute Gasteiger partial charge is 0.271 e. The molecule has 0 saturated carbocycles. The number of hydrogen-bond acceptors (Lipinski definition) is 5. The Bertz CT molecular complexity index is 944. The molecule has 0 unspecified atom stereocenters. The second kappa shape index (κ2) is 5.45. The number of aromatic nitrogens is 1. The van der Waals surface area contributed by atoms with E-state index in [2.05, 4.69) is 9.98 Å². The molecule has 0 aliphatic heterocycles. The van der Waals surface area contributed by atoms with Crippen LogP contribution >= 0.6 is 0 Å². The largest absolute Gasteiger partial charge is 0.494 e. The predicted octanol–water partition coefficient (Wildman–Crippen LogP) is 3.50. The summed E-state index contributed by atoms with van der Waals surface area (Å²) in [6, 6.07) is 11.3. The molecule has 1 heterocycles. The van der Waals surface area contributed by atoms with Gasteiger partial charge in [-0.1, -0.05) is 6.07 Å². The molecule has 0 bridgehead atoms. The standard InChI is InChI=1S/C16H14N4O3/c1-9(18-11-3-2-4-12(8-11)20(22)23)15-13-7-10(17)5-6-14(13)19-16(15)21/h2-8,19,21H,17H2,1H3. The molecular weight excluding hydrogens is 296 g/mol. The van der Waals surface area contributed by atoms with Gasteiger partial charge in [-0.3, -0.25) is 15.1 Å². The van der Waals surface area contributed by atoms with Gasteiger partial charge in [-0.25, -0.2) is 0 Å². The number of anilines is 1. The molecule has 0 saturated heterocycles. The van der Waals surface area contributed by atoms with Gasteiger partial charge in [0.1, 0.15) is 0 Å². The van der Waals surface area contributed by atoms with Crippen molar-refractivity contribution in [2.24, 2.45) is 4.99 Å². The van der Waals surface area contributed by atoms with Gasteiger partial charge in [-0.05, 0) is 31.2 Å². The van der Waals surface area contributed by atoms with Crippen LogP contribution in [0.25, 0.3) is 10.9 Å². The van der Waals surface area contributed by atoms with Gasteiger partial charge in [0.15, 0.2) is 5.88 Å². The van der Waals surface area contributed by atoms with Gasteiger partial charge in [-0.2, -0.15) is 0 Å². The lowest BCUT2D eigenvalue weighted by Gasteiger charge is -2.02. The van der Waals surface area contributed by atoms with E-state index in [1.807, 2.05) is 0 Å². The minimum Gasteiger partial charge on any atom is -0.494 e. The van der Waals surface area contributed by atoms with Crippen LogP contribution in [-0.2, 0) is 0 Å². The minimum absolute atomic E-state index is 0.0164. The molecule has 3 aromatic rings. The number of hydrogen-bond donors (Lipinski definition) is 3. The number of aliphatic imine (C=N–C) groups is 1. The Balaban J connectivity index is 2.11. The normalized spacial score (nSPS) is 11.8. The van der Waals surface area contributed by atoms with Crippen molar-refractivity contribution in [2.45, 2.75) is 6.92 Å². The van der Waals surface area contributed by atoms with E-state index in [0.717, 1.165) is 10.9 Å². The summed E-state index contributed by atoms with van der Waals surface area (Å²) in [5.41, 5.74) is 8.56. The molecule has 0 aliphatic carbocycles. The monoisotopic (exact) mass is 310 g/mol. The highest BCUT2D eigenvalue weighted by Gasteiger charge is 2.14. The molecule has 23 heavy (non-hydrogen) atoms. The Morgan fingerprint density at radius 1 is 1.30 bits per heavy atom. The molecule has 116 valence electrons. The predicted molar refractivity (Wildman–Crippen MR) is 89.3 cm³/mol. The average Bonchev–Trinajstić information content (AvgIpc) is 2.82. The fourth-order valence-corrected chi connectivity index (χ4v) is 2.49. The maximum Gasteiger partial charge on any atom is 0.271 e. The first-order valence-corrected chi connectivity index (χ1v) is 6.86. The topological polar surface area (TPSA) is 118 Å². The molecule has 0 aliphatic rings. The molecule has 7 heteroatoms. The highest BCUT2D eigenvalue weighted by Crippen LogP contribution is 2.30.